The Kier molecular flexibility index (Phi) is 5.65. The zero-order chi connectivity index (χ0) is 13.5. The lowest BCUT2D eigenvalue weighted by molar-refractivity contribution is -0.116. The molecule has 0 aromatic heterocycles. The van der Waals surface area contributed by atoms with E-state index in [0.29, 0.717) is 19.0 Å². The zero-order valence-corrected chi connectivity index (χ0v) is 11.4. The molecule has 1 aromatic carbocycles. The molecule has 0 aliphatic rings. The molecule has 0 atom stereocenters. The van der Waals surface area contributed by atoms with E-state index in [2.05, 4.69) is 31.0 Å². The zero-order valence-electron chi connectivity index (χ0n) is 11.4. The van der Waals surface area contributed by atoms with Crippen molar-refractivity contribution in [3.8, 4) is 0 Å². The van der Waals surface area contributed by atoms with Crippen molar-refractivity contribution in [2.45, 2.75) is 33.2 Å². The summed E-state index contributed by atoms with van der Waals surface area (Å²) in [7, 11) is 0. The van der Waals surface area contributed by atoms with Gasteiger partial charge in [-0.25, -0.2) is 0 Å². The van der Waals surface area contributed by atoms with Crippen LogP contribution in [0.25, 0.3) is 0 Å². The lowest BCUT2D eigenvalue weighted by atomic mass is 10.2. The highest BCUT2D eigenvalue weighted by molar-refractivity contribution is 5.90. The molecule has 1 rings (SSSR count). The summed E-state index contributed by atoms with van der Waals surface area (Å²) in [5, 5.41) is 2.82. The van der Waals surface area contributed by atoms with Gasteiger partial charge in [-0.2, -0.15) is 0 Å². The van der Waals surface area contributed by atoms with Gasteiger partial charge in [0, 0.05) is 36.9 Å². The predicted molar refractivity (Wildman–Crippen MR) is 76.9 cm³/mol. The second kappa shape index (κ2) is 7.01. The molecule has 100 valence electrons. The highest BCUT2D eigenvalue weighted by atomic mass is 16.1. The summed E-state index contributed by atoms with van der Waals surface area (Å²) in [5.41, 5.74) is 7.32. The number of nitrogens with zero attached hydrogens (tertiary/aromatic N) is 1. The van der Waals surface area contributed by atoms with E-state index >= 15 is 0 Å². The van der Waals surface area contributed by atoms with Gasteiger partial charge >= 0.3 is 0 Å². The number of amides is 1. The molecule has 0 unspecified atom stereocenters. The Morgan fingerprint density at radius 1 is 1.33 bits per heavy atom. The molecule has 1 amide bonds. The van der Waals surface area contributed by atoms with Gasteiger partial charge in [-0.05, 0) is 45.0 Å². The molecule has 0 radical (unpaired) electrons. The first-order chi connectivity index (χ1) is 8.58. The molecule has 0 fully saturated rings. The van der Waals surface area contributed by atoms with Gasteiger partial charge in [0.15, 0.2) is 0 Å². The highest BCUT2D eigenvalue weighted by Gasteiger charge is 2.08. The van der Waals surface area contributed by atoms with Crippen LogP contribution in [0.2, 0.25) is 0 Å². The molecule has 0 spiro atoms. The summed E-state index contributed by atoms with van der Waals surface area (Å²) >= 11 is 0. The van der Waals surface area contributed by atoms with E-state index in [0.717, 1.165) is 12.2 Å². The first kappa shape index (κ1) is 14.5. The van der Waals surface area contributed by atoms with Crippen LogP contribution in [0.15, 0.2) is 24.3 Å². The maximum Gasteiger partial charge on any atom is 0.225 e. The Hall–Kier alpha value is -1.55. The number of anilines is 2. The van der Waals surface area contributed by atoms with Gasteiger partial charge in [0.2, 0.25) is 5.91 Å². The van der Waals surface area contributed by atoms with Crippen molar-refractivity contribution >= 4 is 17.3 Å². The van der Waals surface area contributed by atoms with E-state index in [1.807, 2.05) is 24.3 Å². The lowest BCUT2D eigenvalue weighted by Crippen LogP contribution is -2.30. The highest BCUT2D eigenvalue weighted by Crippen LogP contribution is 2.19. The van der Waals surface area contributed by atoms with E-state index in [1.165, 1.54) is 5.69 Å². The van der Waals surface area contributed by atoms with Crippen molar-refractivity contribution < 1.29 is 4.79 Å². The van der Waals surface area contributed by atoms with E-state index < -0.39 is 0 Å². The Morgan fingerprint density at radius 2 is 1.94 bits per heavy atom. The summed E-state index contributed by atoms with van der Waals surface area (Å²) in [6.45, 7) is 7.81. The van der Waals surface area contributed by atoms with E-state index in [1.54, 1.807) is 0 Å². The minimum atomic E-state index is -0.0403. The molecular weight excluding hydrogens is 226 g/mol. The van der Waals surface area contributed by atoms with Gasteiger partial charge in [-0.3, -0.25) is 4.79 Å². The average Bonchev–Trinajstić information content (AvgIpc) is 2.32. The number of hydrogen-bond acceptors (Lipinski definition) is 3. The largest absolute Gasteiger partial charge is 0.369 e. The number of nitrogens with one attached hydrogen (secondary N) is 1. The smallest absolute Gasteiger partial charge is 0.225 e. The fourth-order valence-corrected chi connectivity index (χ4v) is 1.94. The Balaban J connectivity index is 2.70. The number of hydrogen-bond donors (Lipinski definition) is 2. The SMILES string of the molecule is CCN(c1ccc(NC(=O)CCN)cc1)C(C)C. The van der Waals surface area contributed by atoms with Crippen LogP contribution in [-0.4, -0.2) is 25.0 Å². The van der Waals surface area contributed by atoms with Crippen molar-refractivity contribution in [1.82, 2.24) is 0 Å². The number of carbonyl (C=O) groups excluding carboxylic acids is 1. The Morgan fingerprint density at radius 3 is 2.39 bits per heavy atom. The summed E-state index contributed by atoms with van der Waals surface area (Å²) < 4.78 is 0. The molecule has 0 heterocycles. The van der Waals surface area contributed by atoms with Crippen LogP contribution in [0.1, 0.15) is 27.2 Å². The van der Waals surface area contributed by atoms with Gasteiger partial charge in [-0.1, -0.05) is 0 Å². The minimum absolute atomic E-state index is 0.0403. The third-order valence-corrected chi connectivity index (χ3v) is 2.82. The van der Waals surface area contributed by atoms with E-state index in [-0.39, 0.29) is 5.91 Å². The molecule has 4 nitrogen and oxygen atoms in total. The van der Waals surface area contributed by atoms with Crippen molar-refractivity contribution in [1.29, 1.82) is 0 Å². The summed E-state index contributed by atoms with van der Waals surface area (Å²) in [5.74, 6) is -0.0403. The first-order valence-corrected chi connectivity index (χ1v) is 6.45. The second-order valence-electron chi connectivity index (χ2n) is 4.51. The van der Waals surface area contributed by atoms with Gasteiger partial charge < -0.3 is 16.0 Å². The minimum Gasteiger partial charge on any atom is -0.369 e. The number of rotatable bonds is 6. The van der Waals surface area contributed by atoms with Gasteiger partial charge in [0.1, 0.15) is 0 Å². The predicted octanol–water partition coefficient (Wildman–Crippen LogP) is 2.21. The fourth-order valence-electron chi connectivity index (χ4n) is 1.94. The van der Waals surface area contributed by atoms with Crippen LogP contribution in [0, 0.1) is 0 Å². The van der Waals surface area contributed by atoms with Crippen LogP contribution in [-0.2, 0) is 4.79 Å². The Labute approximate surface area is 109 Å². The summed E-state index contributed by atoms with van der Waals surface area (Å²) in [4.78, 5) is 13.7. The first-order valence-electron chi connectivity index (χ1n) is 6.45. The van der Waals surface area contributed by atoms with Gasteiger partial charge in [0.05, 0.1) is 0 Å². The molecule has 0 aliphatic heterocycles. The van der Waals surface area contributed by atoms with Crippen molar-refractivity contribution in [3.63, 3.8) is 0 Å². The van der Waals surface area contributed by atoms with Crippen LogP contribution in [0.3, 0.4) is 0 Å². The summed E-state index contributed by atoms with van der Waals surface area (Å²) in [6, 6.07) is 8.37. The molecule has 1 aromatic rings. The number of nitrogens with two attached hydrogens (primary N) is 1. The molecule has 0 aliphatic carbocycles. The van der Waals surface area contributed by atoms with Gasteiger partial charge in [0.25, 0.3) is 0 Å². The summed E-state index contributed by atoms with van der Waals surface area (Å²) in [6.07, 6.45) is 0.356. The molecule has 0 saturated heterocycles. The van der Waals surface area contributed by atoms with E-state index in [4.69, 9.17) is 5.73 Å². The van der Waals surface area contributed by atoms with Crippen LogP contribution >= 0.6 is 0 Å². The normalized spacial score (nSPS) is 10.5. The maximum atomic E-state index is 11.4. The topological polar surface area (TPSA) is 58.4 Å². The van der Waals surface area contributed by atoms with E-state index in [9.17, 15) is 4.79 Å². The van der Waals surface area contributed by atoms with Gasteiger partial charge in [-0.15, -0.1) is 0 Å². The Bertz CT molecular complexity index is 373. The molecule has 4 heteroatoms. The lowest BCUT2D eigenvalue weighted by Gasteiger charge is -2.27. The van der Waals surface area contributed by atoms with Crippen LogP contribution in [0.4, 0.5) is 11.4 Å². The van der Waals surface area contributed by atoms with Crippen molar-refractivity contribution in [2.75, 3.05) is 23.3 Å². The van der Waals surface area contributed by atoms with Crippen LogP contribution in [0.5, 0.6) is 0 Å². The van der Waals surface area contributed by atoms with Crippen LogP contribution < -0.4 is 16.0 Å². The third kappa shape index (κ3) is 4.04. The maximum absolute atomic E-state index is 11.4. The molecule has 18 heavy (non-hydrogen) atoms. The monoisotopic (exact) mass is 249 g/mol. The molecule has 0 bridgehead atoms. The number of carbonyl (C=O) groups is 1. The molecule has 3 N–H and O–H groups in total. The van der Waals surface area contributed by atoms with Crippen molar-refractivity contribution in [2.24, 2.45) is 5.73 Å². The molecule has 0 saturated carbocycles. The fraction of sp³-hybridized carbons (Fsp3) is 0.500. The number of benzene rings is 1. The average molecular weight is 249 g/mol. The third-order valence-electron chi connectivity index (χ3n) is 2.82. The second-order valence-corrected chi connectivity index (χ2v) is 4.51. The quantitative estimate of drug-likeness (QED) is 0.812. The van der Waals surface area contributed by atoms with Crippen molar-refractivity contribution in [3.05, 3.63) is 24.3 Å². The standard InChI is InChI=1S/C14H23N3O/c1-4-17(11(2)3)13-7-5-12(6-8-13)16-14(18)9-10-15/h5-8,11H,4,9-10,15H2,1-3H3,(H,16,18). The molecular formula is C14H23N3O.